The maximum atomic E-state index is 13.5. The average molecular weight is 926 g/mol. The number of anilines is 2. The summed E-state index contributed by atoms with van der Waals surface area (Å²) in [7, 11) is 0. The van der Waals surface area contributed by atoms with E-state index in [1.807, 2.05) is 36.9 Å². The summed E-state index contributed by atoms with van der Waals surface area (Å²) in [5, 5.41) is 9.61. The molecule has 2 saturated heterocycles. The van der Waals surface area contributed by atoms with Crippen molar-refractivity contribution in [1.82, 2.24) is 19.9 Å². The monoisotopic (exact) mass is 922 g/mol. The first-order chi connectivity index (χ1) is 25.7. The Hall–Kier alpha value is -2.58. The number of aliphatic hydroxyl groups excluding tert-OH is 1. The van der Waals surface area contributed by atoms with Crippen LogP contribution in [0.15, 0.2) is 70.1 Å². The van der Waals surface area contributed by atoms with Crippen molar-refractivity contribution in [1.29, 1.82) is 0 Å². The van der Waals surface area contributed by atoms with E-state index < -0.39 is 0 Å². The predicted octanol–water partition coefficient (Wildman–Crippen LogP) is 9.88. The maximum absolute atomic E-state index is 13.5. The minimum absolute atomic E-state index is 0.211. The molecule has 53 heavy (non-hydrogen) atoms. The predicted molar refractivity (Wildman–Crippen MR) is 220 cm³/mol. The van der Waals surface area contributed by atoms with Crippen molar-refractivity contribution in [3.8, 4) is 0 Å². The Morgan fingerprint density at radius 3 is 1.53 bits per heavy atom. The van der Waals surface area contributed by atoms with E-state index in [9.17, 15) is 8.78 Å². The van der Waals surface area contributed by atoms with Crippen molar-refractivity contribution in [2.45, 2.75) is 77.2 Å². The van der Waals surface area contributed by atoms with Crippen molar-refractivity contribution in [2.75, 3.05) is 49.2 Å². The lowest BCUT2D eigenvalue weighted by atomic mass is 9.94. The van der Waals surface area contributed by atoms with Crippen molar-refractivity contribution in [3.05, 3.63) is 104 Å². The Labute approximate surface area is 338 Å². The van der Waals surface area contributed by atoms with Crippen LogP contribution in [0.3, 0.4) is 0 Å². The van der Waals surface area contributed by atoms with Crippen molar-refractivity contribution in [3.63, 3.8) is 0 Å². The second-order valence-electron chi connectivity index (χ2n) is 13.3. The van der Waals surface area contributed by atoms with Crippen LogP contribution >= 0.6 is 47.8 Å². The molecule has 0 atom stereocenters. The topological polar surface area (TPSA) is 87.5 Å². The molecular weight excluding hydrogens is 874 g/mol. The van der Waals surface area contributed by atoms with E-state index in [2.05, 4.69) is 91.4 Å². The quantitative estimate of drug-likeness (QED) is 0.111. The van der Waals surface area contributed by atoms with E-state index >= 15 is 0 Å². The molecule has 0 bridgehead atoms. The molecule has 288 valence electrons. The fourth-order valence-corrected chi connectivity index (χ4v) is 6.95. The number of rotatable bonds is 12. The van der Waals surface area contributed by atoms with E-state index in [4.69, 9.17) is 9.84 Å². The van der Waals surface area contributed by atoms with E-state index in [-0.39, 0.29) is 11.6 Å². The molecule has 4 heterocycles. The van der Waals surface area contributed by atoms with Gasteiger partial charge in [-0.05, 0) is 142 Å². The maximum Gasteiger partial charge on any atom is 0.225 e. The molecule has 2 aromatic carbocycles. The Morgan fingerprint density at radius 1 is 0.679 bits per heavy atom. The fourth-order valence-electron chi connectivity index (χ4n) is 6.11. The molecule has 2 aromatic heterocycles. The van der Waals surface area contributed by atoms with Gasteiger partial charge in [0, 0.05) is 69.5 Å². The van der Waals surface area contributed by atoms with Crippen LogP contribution < -0.4 is 9.80 Å². The number of benzene rings is 2. The van der Waals surface area contributed by atoms with Crippen LogP contribution in [0.4, 0.5) is 20.7 Å². The van der Waals surface area contributed by atoms with Gasteiger partial charge in [-0.25, -0.2) is 28.7 Å². The number of aryl methyl sites for hydroxylation is 2. The van der Waals surface area contributed by atoms with E-state index in [0.29, 0.717) is 45.9 Å². The van der Waals surface area contributed by atoms with E-state index in [1.165, 1.54) is 23.3 Å². The molecule has 1 N–H and O–H groups in total. The fraction of sp³-hybridized carbons (Fsp3) is 0.500. The number of nitrogens with zero attached hydrogens (tertiary/aromatic N) is 6. The smallest absolute Gasteiger partial charge is 0.225 e. The van der Waals surface area contributed by atoms with Gasteiger partial charge in [-0.1, -0.05) is 41.9 Å². The van der Waals surface area contributed by atoms with Crippen LogP contribution in [0.2, 0.25) is 0 Å². The average Bonchev–Trinajstić information content (AvgIpc) is 3.20. The lowest BCUT2D eigenvalue weighted by Crippen LogP contribution is -2.35. The largest absolute Gasteiger partial charge is 0.396 e. The van der Waals surface area contributed by atoms with Gasteiger partial charge in [-0.3, -0.25) is 0 Å². The molecule has 4 aromatic rings. The third-order valence-corrected chi connectivity index (χ3v) is 11.5. The molecule has 0 amide bonds. The highest BCUT2D eigenvalue weighted by Gasteiger charge is 2.21. The van der Waals surface area contributed by atoms with Gasteiger partial charge in [0.1, 0.15) is 11.6 Å². The van der Waals surface area contributed by atoms with Crippen LogP contribution in [0, 0.1) is 23.5 Å². The zero-order valence-corrected chi connectivity index (χ0v) is 35.4. The third-order valence-electron chi connectivity index (χ3n) is 9.59. The van der Waals surface area contributed by atoms with Gasteiger partial charge in [0.05, 0.1) is 15.6 Å². The summed E-state index contributed by atoms with van der Waals surface area (Å²) in [6, 6.07) is 10.2. The second-order valence-corrected chi connectivity index (χ2v) is 15.6. The first-order valence-corrected chi connectivity index (χ1v) is 21.2. The highest BCUT2D eigenvalue weighted by molar-refractivity contribution is 9.10. The van der Waals surface area contributed by atoms with E-state index in [0.717, 1.165) is 101 Å². The van der Waals surface area contributed by atoms with Crippen LogP contribution in [0.25, 0.3) is 0 Å². The molecule has 0 unspecified atom stereocenters. The molecule has 0 spiro atoms. The van der Waals surface area contributed by atoms with Crippen LogP contribution in [-0.4, -0.2) is 64.4 Å². The summed E-state index contributed by atoms with van der Waals surface area (Å²) in [5.74, 6) is 2.58. The first-order valence-electron chi connectivity index (χ1n) is 18.5. The summed E-state index contributed by atoms with van der Waals surface area (Å²) in [4.78, 5) is 22.3. The number of alkyl halides is 1. The minimum Gasteiger partial charge on any atom is -0.396 e. The van der Waals surface area contributed by atoms with Crippen molar-refractivity contribution in [2.24, 2.45) is 11.8 Å². The molecular formula is C40H51Br3F2N6O2. The van der Waals surface area contributed by atoms with Crippen molar-refractivity contribution >= 4 is 59.7 Å². The van der Waals surface area contributed by atoms with Gasteiger partial charge in [0.15, 0.2) is 0 Å². The summed E-state index contributed by atoms with van der Waals surface area (Å²) < 4.78 is 32.9. The SMILES string of the molecule is CCc1cnc(N2CCC(CCO)CC2)nc1.CCc1cnc(N2CCC(CCOCc3ccc(Br)c(F)c3)CC2)nc1.Fc1cc(CBr)ccc1Br. The normalized spacial score (nSPS) is 15.0. The zero-order valence-electron chi connectivity index (χ0n) is 30.7. The Balaban J connectivity index is 0.000000198. The summed E-state index contributed by atoms with van der Waals surface area (Å²) in [6.07, 6.45) is 16.2. The highest BCUT2D eigenvalue weighted by atomic mass is 79.9. The zero-order chi connectivity index (χ0) is 38.0. The summed E-state index contributed by atoms with van der Waals surface area (Å²) in [6.45, 7) is 9.71. The third kappa shape index (κ3) is 14.5. The molecule has 0 saturated carbocycles. The first kappa shape index (κ1) is 43.2. The standard InChI is InChI=1S/C20H25BrFN3O.C13H21N3O.C7H5Br2F/c1-2-15-12-23-20(24-13-15)25-8-5-16(6-9-25)7-10-26-14-17-3-4-18(21)19(22)11-17;1-2-11-9-14-13(15-10-11)16-6-3-12(4-7-16)5-8-17;8-4-5-1-2-6(9)7(10)3-5/h3-4,11-13,16H,2,5-10,14H2,1H3;9-10,12,17H,2-8H2,1H3;1-3H,4H2. The minimum atomic E-state index is -0.243. The van der Waals surface area contributed by atoms with Crippen LogP contribution in [0.1, 0.15) is 74.6 Å². The molecule has 2 aliphatic heterocycles. The van der Waals surface area contributed by atoms with Crippen LogP contribution in [-0.2, 0) is 29.5 Å². The lowest BCUT2D eigenvalue weighted by Gasteiger charge is -2.32. The Bertz CT molecular complexity index is 1640. The summed E-state index contributed by atoms with van der Waals surface area (Å²) >= 11 is 9.47. The van der Waals surface area contributed by atoms with Gasteiger partial charge in [0.2, 0.25) is 11.9 Å². The molecule has 0 radical (unpaired) electrons. The Kier molecular flexibility index (Phi) is 19.0. The van der Waals surface area contributed by atoms with Gasteiger partial charge in [0.25, 0.3) is 0 Å². The molecule has 2 aliphatic rings. The summed E-state index contributed by atoms with van der Waals surface area (Å²) in [5.41, 5.74) is 4.17. The van der Waals surface area contributed by atoms with Gasteiger partial charge < -0.3 is 19.6 Å². The molecule has 8 nitrogen and oxygen atoms in total. The molecule has 0 aliphatic carbocycles. The number of halogens is 5. The van der Waals surface area contributed by atoms with Crippen molar-refractivity contribution < 1.29 is 18.6 Å². The van der Waals surface area contributed by atoms with Crippen LogP contribution in [0.5, 0.6) is 0 Å². The molecule has 6 rings (SSSR count). The lowest BCUT2D eigenvalue weighted by molar-refractivity contribution is 0.103. The number of hydrogen-bond donors (Lipinski definition) is 1. The van der Waals surface area contributed by atoms with Gasteiger partial charge >= 0.3 is 0 Å². The number of aromatic nitrogens is 4. The van der Waals surface area contributed by atoms with Gasteiger partial charge in [-0.15, -0.1) is 0 Å². The second kappa shape index (κ2) is 23.4. The number of aliphatic hydroxyl groups is 1. The Morgan fingerprint density at radius 2 is 1.11 bits per heavy atom. The molecule has 13 heteroatoms. The number of piperidine rings is 2. The van der Waals surface area contributed by atoms with Gasteiger partial charge in [-0.2, -0.15) is 0 Å². The van der Waals surface area contributed by atoms with E-state index in [1.54, 1.807) is 12.1 Å². The number of ether oxygens (including phenoxy) is 1. The molecule has 2 fully saturated rings. The number of hydrogen-bond acceptors (Lipinski definition) is 8. The highest BCUT2D eigenvalue weighted by Crippen LogP contribution is 2.25.